The molecular formula is C21H35N. The molecule has 124 valence electrons. The zero-order chi connectivity index (χ0) is 15.7. The van der Waals surface area contributed by atoms with E-state index in [-0.39, 0.29) is 0 Å². The van der Waals surface area contributed by atoms with Crippen molar-refractivity contribution in [2.75, 3.05) is 0 Å². The highest BCUT2D eigenvalue weighted by atomic mass is 15.0. The van der Waals surface area contributed by atoms with Gasteiger partial charge in [0.05, 0.1) is 5.54 Å². The fourth-order valence-electron chi connectivity index (χ4n) is 7.27. The Morgan fingerprint density at radius 1 is 1.27 bits per heavy atom. The first-order valence-corrected chi connectivity index (χ1v) is 9.67. The van der Waals surface area contributed by atoms with Gasteiger partial charge in [-0.2, -0.15) is 7.05 Å². The Kier molecular flexibility index (Phi) is 3.36. The predicted octanol–water partition coefficient (Wildman–Crippen LogP) is 4.16. The third-order valence-electron chi connectivity index (χ3n) is 8.18. The smallest absolute Gasteiger partial charge is 0.0729 e. The van der Waals surface area contributed by atoms with Gasteiger partial charge in [0, 0.05) is 12.3 Å². The fraction of sp³-hybridized carbons (Fsp3) is 0.857. The minimum Gasteiger partial charge on any atom is -0.474 e. The Hall–Kier alpha value is -0.300. The molecule has 0 amide bonds. The number of quaternary nitrogens is 1. The van der Waals surface area contributed by atoms with E-state index in [1.54, 1.807) is 0 Å². The second-order valence-electron chi connectivity index (χ2n) is 10.2. The van der Waals surface area contributed by atoms with E-state index in [0.717, 1.165) is 35.5 Å². The Bertz CT molecular complexity index is 490. The van der Waals surface area contributed by atoms with Crippen LogP contribution >= 0.6 is 0 Å². The van der Waals surface area contributed by atoms with Gasteiger partial charge in [-0.15, -0.1) is 0 Å². The van der Waals surface area contributed by atoms with Crippen molar-refractivity contribution < 1.29 is 5.32 Å². The first kappa shape index (κ1) is 15.2. The summed E-state index contributed by atoms with van der Waals surface area (Å²) in [7, 11) is 4.23. The van der Waals surface area contributed by atoms with Crippen LogP contribution in [0, 0.1) is 48.0 Å². The maximum Gasteiger partial charge on any atom is 0.0729 e. The molecule has 3 saturated carbocycles. The van der Waals surface area contributed by atoms with Crippen LogP contribution < -0.4 is 5.32 Å². The van der Waals surface area contributed by atoms with E-state index in [2.05, 4.69) is 46.1 Å². The summed E-state index contributed by atoms with van der Waals surface area (Å²) in [6.07, 6.45) is 11.1. The lowest BCUT2D eigenvalue weighted by atomic mass is 9.44. The van der Waals surface area contributed by atoms with Crippen molar-refractivity contribution in [3.63, 3.8) is 0 Å². The first-order chi connectivity index (χ1) is 10.3. The Morgan fingerprint density at radius 3 is 2.77 bits per heavy atom. The van der Waals surface area contributed by atoms with Crippen molar-refractivity contribution in [3.8, 4) is 0 Å². The van der Waals surface area contributed by atoms with Crippen molar-refractivity contribution in [2.45, 2.75) is 71.8 Å². The number of hydrogen-bond donors (Lipinski definition) is 1. The van der Waals surface area contributed by atoms with Gasteiger partial charge in [0.1, 0.15) is 0 Å². The maximum atomic E-state index is 4.23. The molecule has 4 aliphatic carbocycles. The van der Waals surface area contributed by atoms with Crippen LogP contribution in [-0.2, 0) is 0 Å². The van der Waals surface area contributed by atoms with Crippen LogP contribution in [0.3, 0.4) is 0 Å². The molecule has 0 aliphatic heterocycles. The van der Waals surface area contributed by atoms with Crippen LogP contribution in [0.1, 0.15) is 66.2 Å². The minimum absolute atomic E-state index is 0.387. The van der Waals surface area contributed by atoms with E-state index >= 15 is 0 Å². The van der Waals surface area contributed by atoms with Crippen molar-refractivity contribution in [3.05, 3.63) is 18.7 Å². The molecule has 0 aromatic rings. The fourth-order valence-corrected chi connectivity index (χ4v) is 7.27. The molecule has 0 spiro atoms. The molecule has 4 rings (SSSR count). The summed E-state index contributed by atoms with van der Waals surface area (Å²) in [4.78, 5) is 0. The van der Waals surface area contributed by atoms with E-state index in [1.807, 2.05) is 5.57 Å². The summed E-state index contributed by atoms with van der Waals surface area (Å²) in [6, 6.07) is 0. The lowest BCUT2D eigenvalue weighted by Gasteiger charge is -2.62. The van der Waals surface area contributed by atoms with Gasteiger partial charge < -0.3 is 5.32 Å². The number of nitrogens with two attached hydrogens (primary N) is 1. The first-order valence-electron chi connectivity index (χ1n) is 9.67. The molecule has 0 aromatic carbocycles. The SMILES string of the molecule is [CH2-][NH2+]C1(C)CCC2C(C)CC3CC(C)(C)CC4=CCC1C2C43. The van der Waals surface area contributed by atoms with E-state index < -0.39 is 0 Å². The molecule has 3 fully saturated rings. The monoisotopic (exact) mass is 301 g/mol. The summed E-state index contributed by atoms with van der Waals surface area (Å²) >= 11 is 0. The average Bonchev–Trinajstić information content (AvgIpc) is 2.45. The molecular weight excluding hydrogens is 266 g/mol. The predicted molar refractivity (Wildman–Crippen MR) is 91.9 cm³/mol. The van der Waals surface area contributed by atoms with Crippen molar-refractivity contribution in [1.29, 1.82) is 0 Å². The van der Waals surface area contributed by atoms with Crippen molar-refractivity contribution >= 4 is 0 Å². The van der Waals surface area contributed by atoms with Gasteiger partial charge in [0.15, 0.2) is 0 Å². The third-order valence-corrected chi connectivity index (χ3v) is 8.18. The lowest BCUT2D eigenvalue weighted by molar-refractivity contribution is -0.687. The quantitative estimate of drug-likeness (QED) is 0.553. The van der Waals surface area contributed by atoms with Gasteiger partial charge in [0.25, 0.3) is 0 Å². The van der Waals surface area contributed by atoms with Crippen LogP contribution in [0.2, 0.25) is 0 Å². The molecule has 0 bridgehead atoms. The zero-order valence-corrected chi connectivity index (χ0v) is 15.1. The molecule has 7 unspecified atom stereocenters. The molecule has 22 heavy (non-hydrogen) atoms. The second kappa shape index (κ2) is 4.85. The minimum atomic E-state index is 0.387. The number of hydrogen-bond acceptors (Lipinski definition) is 0. The maximum absolute atomic E-state index is 4.23. The number of allylic oxidation sites excluding steroid dienone is 2. The second-order valence-corrected chi connectivity index (χ2v) is 10.2. The van der Waals surface area contributed by atoms with Crippen LogP contribution in [0.25, 0.3) is 0 Å². The van der Waals surface area contributed by atoms with Gasteiger partial charge in [-0.05, 0) is 74.0 Å². The molecule has 0 heterocycles. The highest BCUT2D eigenvalue weighted by molar-refractivity contribution is 5.24. The molecule has 0 radical (unpaired) electrons. The van der Waals surface area contributed by atoms with E-state index in [4.69, 9.17) is 0 Å². The van der Waals surface area contributed by atoms with Crippen LogP contribution in [-0.4, -0.2) is 5.54 Å². The molecule has 0 saturated heterocycles. The topological polar surface area (TPSA) is 16.6 Å². The summed E-state index contributed by atoms with van der Waals surface area (Å²) in [5.74, 6) is 5.64. The normalized spacial score (nSPS) is 52.7. The lowest BCUT2D eigenvalue weighted by Crippen LogP contribution is -2.94. The molecule has 4 aliphatic rings. The zero-order valence-electron chi connectivity index (χ0n) is 15.1. The largest absolute Gasteiger partial charge is 0.474 e. The summed E-state index contributed by atoms with van der Waals surface area (Å²) in [5, 5.41) is 2.31. The Labute approximate surface area is 137 Å². The van der Waals surface area contributed by atoms with Crippen LogP contribution in [0.4, 0.5) is 0 Å². The highest BCUT2D eigenvalue weighted by Gasteiger charge is 2.58. The summed E-state index contributed by atoms with van der Waals surface area (Å²) < 4.78 is 0. The standard InChI is InChI=1S/C21H35N/c1-13-10-15-12-20(2,3)11-14-6-7-17-19(18(14)15)16(13)8-9-21(17,4)22-5/h6,13,15-19H,5,7-12,22H2,1-4H3. The van der Waals surface area contributed by atoms with E-state index in [9.17, 15) is 0 Å². The van der Waals surface area contributed by atoms with Gasteiger partial charge in [-0.25, -0.2) is 0 Å². The van der Waals surface area contributed by atoms with Gasteiger partial charge in [-0.1, -0.05) is 32.4 Å². The summed E-state index contributed by atoms with van der Waals surface area (Å²) in [5.41, 5.74) is 2.77. The van der Waals surface area contributed by atoms with Gasteiger partial charge in [0.2, 0.25) is 0 Å². The van der Waals surface area contributed by atoms with E-state index in [1.165, 1.54) is 38.5 Å². The van der Waals surface area contributed by atoms with Crippen LogP contribution in [0.15, 0.2) is 11.6 Å². The Balaban J connectivity index is 1.76. The molecule has 0 aromatic heterocycles. The van der Waals surface area contributed by atoms with E-state index in [0.29, 0.717) is 11.0 Å². The molecule has 1 nitrogen and oxygen atoms in total. The molecule has 7 atom stereocenters. The average molecular weight is 302 g/mol. The Morgan fingerprint density at radius 2 is 2.05 bits per heavy atom. The van der Waals surface area contributed by atoms with Crippen molar-refractivity contribution in [2.24, 2.45) is 40.9 Å². The van der Waals surface area contributed by atoms with Gasteiger partial charge in [-0.3, -0.25) is 0 Å². The van der Waals surface area contributed by atoms with Crippen LogP contribution in [0.5, 0.6) is 0 Å². The van der Waals surface area contributed by atoms with Gasteiger partial charge >= 0.3 is 0 Å². The molecule has 2 N–H and O–H groups in total. The summed E-state index contributed by atoms with van der Waals surface area (Å²) in [6.45, 7) is 10.1. The third kappa shape index (κ3) is 2.07. The number of rotatable bonds is 1. The van der Waals surface area contributed by atoms with Crippen molar-refractivity contribution in [1.82, 2.24) is 0 Å². The highest BCUT2D eigenvalue weighted by Crippen LogP contribution is 2.63. The molecule has 1 heteroatoms.